The average molecular weight is 582 g/mol. The summed E-state index contributed by atoms with van der Waals surface area (Å²) in [6, 6.07) is 3.15. The number of carboxylic acid groups (broad SMARTS) is 1. The maximum Gasteiger partial charge on any atom is 0.326 e. The fraction of sp³-hybridized carbons (Fsp3) is 0.656. The van der Waals surface area contributed by atoms with Crippen LogP contribution in [0.3, 0.4) is 0 Å². The van der Waals surface area contributed by atoms with E-state index in [0.29, 0.717) is 40.9 Å². The largest absolute Gasteiger partial charge is 0.480 e. The maximum atomic E-state index is 14.0. The summed E-state index contributed by atoms with van der Waals surface area (Å²) in [5.74, 6) is -1.27. The first-order chi connectivity index (χ1) is 20.0. The Kier molecular flexibility index (Phi) is 7.60. The lowest BCUT2D eigenvalue weighted by atomic mass is 9.77. The van der Waals surface area contributed by atoms with Crippen molar-refractivity contribution in [3.8, 4) is 5.88 Å². The number of amides is 1. The molecule has 1 N–H and O–H groups in total. The molecule has 1 aromatic heterocycles. The van der Waals surface area contributed by atoms with Gasteiger partial charge in [-0.1, -0.05) is 33.6 Å². The van der Waals surface area contributed by atoms with Crippen LogP contribution in [0.1, 0.15) is 77.8 Å². The molecular formula is C32H40FN3O6. The van der Waals surface area contributed by atoms with Crippen molar-refractivity contribution in [2.45, 2.75) is 96.8 Å². The molecule has 0 unspecified atom stereocenters. The second kappa shape index (κ2) is 11.1. The predicted molar refractivity (Wildman–Crippen MR) is 151 cm³/mol. The molecule has 2 aliphatic carbocycles. The van der Waals surface area contributed by atoms with Crippen LogP contribution in [0.5, 0.6) is 5.88 Å². The quantitative estimate of drug-likeness (QED) is 0.471. The third kappa shape index (κ3) is 5.81. The number of aromatic nitrogens is 2. The fourth-order valence-electron chi connectivity index (χ4n) is 7.37. The number of esters is 1. The fourth-order valence-corrected chi connectivity index (χ4v) is 7.37. The van der Waals surface area contributed by atoms with Gasteiger partial charge in [0.25, 0.3) is 0 Å². The standard InChI is InChI=1S/C32H40FN3O6/c1-32(2,3)22-15-28(37)42-27-12-17-11-21(17)20(27)7-5-4-6-8-24-29(35-25-13-18(33)9-10-23(25)34-24)41-19-14-26(31(39)40)36(16-19)30(22)38/h9-10,13,17,19-22,26-27H,4-8,11-12,14-16H2,1-3H3,(H,39,40)/t17-,19+,20+,21-,22+,26-,27+/m0/s1. The van der Waals surface area contributed by atoms with E-state index in [1.807, 2.05) is 20.8 Å². The highest BCUT2D eigenvalue weighted by molar-refractivity contribution is 5.89. The summed E-state index contributed by atoms with van der Waals surface area (Å²) in [5, 5.41) is 10.1. The topological polar surface area (TPSA) is 119 Å². The Hall–Kier alpha value is -3.30. The summed E-state index contributed by atoms with van der Waals surface area (Å²) < 4.78 is 26.3. The molecule has 42 heavy (non-hydrogen) atoms. The van der Waals surface area contributed by atoms with Gasteiger partial charge in [-0.25, -0.2) is 19.2 Å². The molecule has 0 spiro atoms. The van der Waals surface area contributed by atoms with E-state index in [2.05, 4.69) is 4.98 Å². The molecule has 10 heteroatoms. The van der Waals surface area contributed by atoms with Gasteiger partial charge in [0.15, 0.2) is 0 Å². The molecule has 1 aromatic carbocycles. The number of rotatable bonds is 1. The van der Waals surface area contributed by atoms with E-state index in [9.17, 15) is 23.9 Å². The lowest BCUT2D eigenvalue weighted by Gasteiger charge is -2.34. The van der Waals surface area contributed by atoms with Crippen LogP contribution < -0.4 is 4.74 Å². The van der Waals surface area contributed by atoms with E-state index in [0.717, 1.165) is 32.1 Å². The van der Waals surface area contributed by atoms with Crippen molar-refractivity contribution < 1.29 is 33.4 Å². The molecule has 3 fully saturated rings. The third-order valence-corrected chi connectivity index (χ3v) is 9.76. The first-order valence-electron chi connectivity index (χ1n) is 15.3. The van der Waals surface area contributed by atoms with E-state index in [1.165, 1.54) is 23.5 Å². The number of carboxylic acids is 1. The first-order valence-corrected chi connectivity index (χ1v) is 15.3. The Balaban J connectivity index is 1.33. The molecule has 9 nitrogen and oxygen atoms in total. The van der Waals surface area contributed by atoms with Gasteiger partial charge in [0.1, 0.15) is 29.8 Å². The smallest absolute Gasteiger partial charge is 0.326 e. The van der Waals surface area contributed by atoms with Crippen molar-refractivity contribution in [2.24, 2.45) is 29.1 Å². The highest BCUT2D eigenvalue weighted by Crippen LogP contribution is 2.58. The lowest BCUT2D eigenvalue weighted by Crippen LogP contribution is -2.47. The summed E-state index contributed by atoms with van der Waals surface area (Å²) in [6.07, 6.45) is 5.71. The number of hydrogen-bond donors (Lipinski definition) is 1. The molecule has 2 saturated carbocycles. The molecule has 2 aromatic rings. The molecule has 1 saturated heterocycles. The molecule has 0 radical (unpaired) electrons. The molecule has 1 amide bonds. The van der Waals surface area contributed by atoms with Crippen LogP contribution in [-0.2, 0) is 25.5 Å². The SMILES string of the molecule is CC(C)(C)[C@@H]1CC(=O)O[C@@H]2C[C@@H]3C[C@@H]3[C@H]2CCCCCc2nc3ccc(F)cc3nc2O[C@@H]2C[C@@H](C(=O)O)N(C2)C1=O. The Bertz CT molecular complexity index is 1390. The van der Waals surface area contributed by atoms with Crippen LogP contribution >= 0.6 is 0 Å². The average Bonchev–Trinajstić information content (AvgIpc) is 3.40. The monoisotopic (exact) mass is 581 g/mol. The van der Waals surface area contributed by atoms with Crippen molar-refractivity contribution in [1.29, 1.82) is 0 Å². The molecule has 2 aliphatic heterocycles. The number of hydrogen-bond acceptors (Lipinski definition) is 7. The van der Waals surface area contributed by atoms with E-state index in [-0.39, 0.29) is 37.3 Å². The van der Waals surface area contributed by atoms with Crippen LogP contribution in [0, 0.1) is 34.9 Å². The van der Waals surface area contributed by atoms with Gasteiger partial charge in [-0.15, -0.1) is 0 Å². The van der Waals surface area contributed by atoms with Crippen molar-refractivity contribution in [3.05, 3.63) is 29.7 Å². The summed E-state index contributed by atoms with van der Waals surface area (Å²) in [7, 11) is 0. The number of nitrogens with zero attached hydrogens (tertiary/aromatic N) is 3. The number of aryl methyl sites for hydroxylation is 1. The summed E-state index contributed by atoms with van der Waals surface area (Å²) in [5.41, 5.74) is 0.969. The van der Waals surface area contributed by atoms with Gasteiger partial charge < -0.3 is 19.5 Å². The van der Waals surface area contributed by atoms with Gasteiger partial charge in [0, 0.05) is 12.5 Å². The highest BCUT2D eigenvalue weighted by Gasteiger charge is 2.54. The molecule has 6 rings (SSSR count). The minimum absolute atomic E-state index is 0.0355. The highest BCUT2D eigenvalue weighted by atomic mass is 19.1. The third-order valence-electron chi connectivity index (χ3n) is 9.76. The van der Waals surface area contributed by atoms with Crippen molar-refractivity contribution in [3.63, 3.8) is 0 Å². The van der Waals surface area contributed by atoms with Gasteiger partial charge in [0.05, 0.1) is 29.9 Å². The summed E-state index contributed by atoms with van der Waals surface area (Å²) >= 11 is 0. The summed E-state index contributed by atoms with van der Waals surface area (Å²) in [4.78, 5) is 50.2. The second-order valence-electron chi connectivity index (χ2n) is 13.7. The molecular weight excluding hydrogens is 541 g/mol. The van der Waals surface area contributed by atoms with Crippen LogP contribution in [0.15, 0.2) is 18.2 Å². The number of ether oxygens (including phenoxy) is 2. The zero-order valence-electron chi connectivity index (χ0n) is 24.6. The lowest BCUT2D eigenvalue weighted by molar-refractivity contribution is -0.159. The second-order valence-corrected chi connectivity index (χ2v) is 13.7. The van der Waals surface area contributed by atoms with Crippen LogP contribution in [0.2, 0.25) is 0 Å². The predicted octanol–water partition coefficient (Wildman–Crippen LogP) is 4.94. The van der Waals surface area contributed by atoms with Crippen LogP contribution in [0.4, 0.5) is 4.39 Å². The van der Waals surface area contributed by atoms with E-state index in [4.69, 9.17) is 14.5 Å². The number of halogens is 1. The van der Waals surface area contributed by atoms with E-state index >= 15 is 0 Å². The van der Waals surface area contributed by atoms with Gasteiger partial charge in [-0.05, 0) is 67.4 Å². The number of benzene rings is 1. The maximum absolute atomic E-state index is 14.0. The number of carbonyl (C=O) groups excluding carboxylic acids is 2. The van der Waals surface area contributed by atoms with E-state index < -0.39 is 41.2 Å². The van der Waals surface area contributed by atoms with Crippen molar-refractivity contribution >= 4 is 28.9 Å². The molecule has 2 bridgehead atoms. The number of fused-ring (bicyclic) bond motifs is 7. The molecule has 226 valence electrons. The van der Waals surface area contributed by atoms with E-state index in [1.54, 1.807) is 6.07 Å². The Morgan fingerprint density at radius 3 is 2.60 bits per heavy atom. The van der Waals surface area contributed by atoms with Gasteiger partial charge >= 0.3 is 11.9 Å². The van der Waals surface area contributed by atoms with Crippen molar-refractivity contribution in [2.75, 3.05) is 6.54 Å². The van der Waals surface area contributed by atoms with Gasteiger partial charge in [-0.3, -0.25) is 9.59 Å². The molecule has 3 heterocycles. The van der Waals surface area contributed by atoms with Crippen molar-refractivity contribution in [1.82, 2.24) is 14.9 Å². The summed E-state index contributed by atoms with van der Waals surface area (Å²) in [6.45, 7) is 5.70. The minimum atomic E-state index is -1.13. The normalized spacial score (nSPS) is 32.2. The van der Waals surface area contributed by atoms with Crippen LogP contribution in [-0.4, -0.2) is 62.6 Å². The Labute approximate surface area is 245 Å². The zero-order valence-corrected chi connectivity index (χ0v) is 24.6. The molecule has 7 atom stereocenters. The first kappa shape index (κ1) is 28.8. The molecule has 4 aliphatic rings. The Morgan fingerprint density at radius 2 is 1.83 bits per heavy atom. The van der Waals surface area contributed by atoms with Gasteiger partial charge in [0.2, 0.25) is 11.8 Å². The zero-order chi connectivity index (χ0) is 29.8. The van der Waals surface area contributed by atoms with Crippen LogP contribution in [0.25, 0.3) is 11.0 Å². The van der Waals surface area contributed by atoms with Gasteiger partial charge in [-0.2, -0.15) is 0 Å². The number of carbonyl (C=O) groups is 3. The number of aliphatic carboxylic acids is 1. The Morgan fingerprint density at radius 1 is 1.02 bits per heavy atom. The minimum Gasteiger partial charge on any atom is -0.480 e.